The molecule has 2 heterocycles. The SMILES string of the molecule is CN=C(NCc1cccc(C(=O)NCC2CCCO2)c1)NCC(C)c1cccs1. The summed E-state index contributed by atoms with van der Waals surface area (Å²) < 4.78 is 5.56. The van der Waals surface area contributed by atoms with Gasteiger partial charge in [-0.05, 0) is 42.0 Å². The Kier molecular flexibility index (Phi) is 8.07. The molecule has 6 nitrogen and oxygen atoms in total. The number of ether oxygens (including phenoxy) is 1. The van der Waals surface area contributed by atoms with Crippen molar-refractivity contribution in [3.05, 3.63) is 57.8 Å². The molecule has 29 heavy (non-hydrogen) atoms. The summed E-state index contributed by atoms with van der Waals surface area (Å²) >= 11 is 1.77. The van der Waals surface area contributed by atoms with E-state index in [4.69, 9.17) is 4.74 Å². The van der Waals surface area contributed by atoms with Crippen LogP contribution in [0, 0.1) is 0 Å². The van der Waals surface area contributed by atoms with Crippen LogP contribution in [0.15, 0.2) is 46.8 Å². The number of hydrogen-bond acceptors (Lipinski definition) is 4. The van der Waals surface area contributed by atoms with Crippen molar-refractivity contribution in [1.82, 2.24) is 16.0 Å². The molecule has 3 N–H and O–H groups in total. The summed E-state index contributed by atoms with van der Waals surface area (Å²) in [6.45, 7) is 4.97. The smallest absolute Gasteiger partial charge is 0.251 e. The molecule has 0 spiro atoms. The van der Waals surface area contributed by atoms with Gasteiger partial charge in [0.2, 0.25) is 0 Å². The van der Waals surface area contributed by atoms with Gasteiger partial charge in [-0.1, -0.05) is 25.1 Å². The lowest BCUT2D eigenvalue weighted by Gasteiger charge is -2.15. The van der Waals surface area contributed by atoms with Gasteiger partial charge in [-0.3, -0.25) is 9.79 Å². The number of thiophene rings is 1. The standard InChI is InChI=1S/C22H30N4O2S/c1-16(20-9-5-11-29-20)13-25-22(23-2)26-14-17-6-3-7-18(12-17)21(27)24-15-19-8-4-10-28-19/h3,5-7,9,11-12,16,19H,4,8,10,13-15H2,1-2H3,(H,24,27)(H2,23,25,26). The third-order valence-corrected chi connectivity index (χ3v) is 6.10. The van der Waals surface area contributed by atoms with E-state index in [2.05, 4.69) is 45.4 Å². The Labute approximate surface area is 176 Å². The average Bonchev–Trinajstić information content (AvgIpc) is 3.46. The van der Waals surface area contributed by atoms with Crippen molar-refractivity contribution in [2.45, 2.75) is 38.3 Å². The quantitative estimate of drug-likeness (QED) is 0.458. The zero-order valence-electron chi connectivity index (χ0n) is 17.1. The third kappa shape index (κ3) is 6.58. The van der Waals surface area contributed by atoms with E-state index >= 15 is 0 Å². The van der Waals surface area contributed by atoms with Gasteiger partial charge in [0.15, 0.2) is 5.96 Å². The molecule has 2 atom stereocenters. The molecule has 156 valence electrons. The maximum atomic E-state index is 12.4. The van der Waals surface area contributed by atoms with Crippen molar-refractivity contribution >= 4 is 23.2 Å². The van der Waals surface area contributed by atoms with Crippen LogP contribution in [0.1, 0.15) is 46.5 Å². The lowest BCUT2D eigenvalue weighted by Crippen LogP contribution is -2.38. The van der Waals surface area contributed by atoms with Gasteiger partial charge in [0.25, 0.3) is 5.91 Å². The molecule has 1 aliphatic heterocycles. The van der Waals surface area contributed by atoms with Crippen LogP contribution in [0.3, 0.4) is 0 Å². The lowest BCUT2D eigenvalue weighted by atomic mass is 10.1. The van der Waals surface area contributed by atoms with Crippen LogP contribution in [0.25, 0.3) is 0 Å². The molecule has 1 aromatic carbocycles. The highest BCUT2D eigenvalue weighted by atomic mass is 32.1. The maximum absolute atomic E-state index is 12.4. The molecular weight excluding hydrogens is 384 g/mol. The van der Waals surface area contributed by atoms with Crippen molar-refractivity contribution in [3.63, 3.8) is 0 Å². The topological polar surface area (TPSA) is 74.8 Å². The van der Waals surface area contributed by atoms with Crippen LogP contribution in [-0.4, -0.2) is 44.7 Å². The molecule has 3 rings (SSSR count). The molecular formula is C22H30N4O2S. The number of carbonyl (C=O) groups excluding carboxylic acids is 1. The summed E-state index contributed by atoms with van der Waals surface area (Å²) in [5.41, 5.74) is 1.69. The second-order valence-electron chi connectivity index (χ2n) is 7.27. The highest BCUT2D eigenvalue weighted by Crippen LogP contribution is 2.19. The van der Waals surface area contributed by atoms with E-state index in [9.17, 15) is 4.79 Å². The zero-order chi connectivity index (χ0) is 20.5. The molecule has 2 aromatic rings. The Balaban J connectivity index is 1.46. The summed E-state index contributed by atoms with van der Waals surface area (Å²) in [6.07, 6.45) is 2.24. The van der Waals surface area contributed by atoms with Gasteiger partial charge in [-0.2, -0.15) is 0 Å². The minimum atomic E-state index is -0.0605. The largest absolute Gasteiger partial charge is 0.376 e. The van der Waals surface area contributed by atoms with Gasteiger partial charge < -0.3 is 20.7 Å². The van der Waals surface area contributed by atoms with Gasteiger partial charge in [0, 0.05) is 49.6 Å². The van der Waals surface area contributed by atoms with Crippen LogP contribution in [-0.2, 0) is 11.3 Å². The van der Waals surface area contributed by atoms with Gasteiger partial charge >= 0.3 is 0 Å². The van der Waals surface area contributed by atoms with E-state index in [1.54, 1.807) is 18.4 Å². The van der Waals surface area contributed by atoms with Gasteiger partial charge in [0.05, 0.1) is 6.10 Å². The average molecular weight is 415 g/mol. The Bertz CT molecular complexity index is 801. The first-order valence-electron chi connectivity index (χ1n) is 10.1. The summed E-state index contributed by atoms with van der Waals surface area (Å²) in [4.78, 5) is 18.1. The number of nitrogens with one attached hydrogen (secondary N) is 3. The monoisotopic (exact) mass is 414 g/mol. The summed E-state index contributed by atoms with van der Waals surface area (Å²) in [5, 5.41) is 11.8. The predicted octanol–water partition coefficient (Wildman–Crippen LogP) is 3.13. The minimum absolute atomic E-state index is 0.0605. The predicted molar refractivity (Wildman–Crippen MR) is 119 cm³/mol. The van der Waals surface area contributed by atoms with Crippen molar-refractivity contribution in [3.8, 4) is 0 Å². The first-order valence-corrected chi connectivity index (χ1v) is 11.0. The molecule has 7 heteroatoms. The fraction of sp³-hybridized carbons (Fsp3) is 0.455. The molecule has 1 amide bonds. The molecule has 1 fully saturated rings. The number of aliphatic imine (C=N–C) groups is 1. The number of carbonyl (C=O) groups is 1. The second kappa shape index (κ2) is 11.0. The lowest BCUT2D eigenvalue weighted by molar-refractivity contribution is 0.0857. The van der Waals surface area contributed by atoms with Crippen LogP contribution in [0.5, 0.6) is 0 Å². The van der Waals surface area contributed by atoms with E-state index in [0.29, 0.717) is 24.6 Å². The highest BCUT2D eigenvalue weighted by molar-refractivity contribution is 7.10. The van der Waals surface area contributed by atoms with Gasteiger partial charge in [0.1, 0.15) is 0 Å². The van der Waals surface area contributed by atoms with Crippen molar-refractivity contribution in [2.24, 2.45) is 4.99 Å². The molecule has 1 aliphatic rings. The zero-order valence-corrected chi connectivity index (χ0v) is 17.9. The van der Waals surface area contributed by atoms with Crippen LogP contribution in [0.4, 0.5) is 0 Å². The Morgan fingerprint density at radius 2 is 2.17 bits per heavy atom. The van der Waals surface area contributed by atoms with E-state index in [1.165, 1.54) is 4.88 Å². The fourth-order valence-corrected chi connectivity index (χ4v) is 4.05. The number of nitrogens with zero attached hydrogens (tertiary/aromatic N) is 1. The molecule has 1 saturated heterocycles. The van der Waals surface area contributed by atoms with E-state index in [-0.39, 0.29) is 12.0 Å². The van der Waals surface area contributed by atoms with E-state index in [1.807, 2.05) is 24.3 Å². The Hall–Kier alpha value is -2.38. The molecule has 0 radical (unpaired) electrons. The fourth-order valence-electron chi connectivity index (χ4n) is 3.26. The Morgan fingerprint density at radius 3 is 2.90 bits per heavy atom. The van der Waals surface area contributed by atoms with Crippen LogP contribution >= 0.6 is 11.3 Å². The Morgan fingerprint density at radius 1 is 1.28 bits per heavy atom. The molecule has 0 saturated carbocycles. The highest BCUT2D eigenvalue weighted by Gasteiger charge is 2.16. The second-order valence-corrected chi connectivity index (χ2v) is 8.25. The summed E-state index contributed by atoms with van der Waals surface area (Å²) in [7, 11) is 1.76. The summed E-state index contributed by atoms with van der Waals surface area (Å²) in [6, 6.07) is 11.9. The number of hydrogen-bond donors (Lipinski definition) is 3. The normalized spacial score (nSPS) is 17.7. The van der Waals surface area contributed by atoms with Gasteiger partial charge in [-0.15, -0.1) is 11.3 Å². The van der Waals surface area contributed by atoms with E-state index < -0.39 is 0 Å². The van der Waals surface area contributed by atoms with Crippen LogP contribution in [0.2, 0.25) is 0 Å². The van der Waals surface area contributed by atoms with Crippen molar-refractivity contribution < 1.29 is 9.53 Å². The number of benzene rings is 1. The molecule has 1 aromatic heterocycles. The molecule has 0 bridgehead atoms. The van der Waals surface area contributed by atoms with E-state index in [0.717, 1.165) is 37.5 Å². The first-order chi connectivity index (χ1) is 14.2. The van der Waals surface area contributed by atoms with Gasteiger partial charge in [-0.25, -0.2) is 0 Å². The van der Waals surface area contributed by atoms with Crippen molar-refractivity contribution in [2.75, 3.05) is 26.7 Å². The first kappa shape index (κ1) is 21.3. The number of rotatable bonds is 8. The summed E-state index contributed by atoms with van der Waals surface area (Å²) in [5.74, 6) is 1.11. The van der Waals surface area contributed by atoms with Crippen molar-refractivity contribution in [1.29, 1.82) is 0 Å². The third-order valence-electron chi connectivity index (χ3n) is 4.99. The minimum Gasteiger partial charge on any atom is -0.376 e. The molecule has 2 unspecified atom stereocenters. The number of guanidine groups is 1. The maximum Gasteiger partial charge on any atom is 0.251 e. The number of amides is 1. The van der Waals surface area contributed by atoms with Crippen LogP contribution < -0.4 is 16.0 Å². The molecule has 0 aliphatic carbocycles.